The van der Waals surface area contributed by atoms with Crippen molar-refractivity contribution in [1.29, 1.82) is 0 Å². The van der Waals surface area contributed by atoms with Crippen LogP contribution in [0, 0.1) is 0 Å². The van der Waals surface area contributed by atoms with Crippen LogP contribution in [0.25, 0.3) is 11.3 Å². The van der Waals surface area contributed by atoms with E-state index in [1.807, 2.05) is 66.7 Å². The van der Waals surface area contributed by atoms with Gasteiger partial charge in [0.2, 0.25) is 0 Å². The third kappa shape index (κ3) is 3.33. The number of nitrogens with one attached hydrogen (secondary N) is 1. The fraction of sp³-hybridized carbons (Fsp3) is 0. The van der Waals surface area contributed by atoms with Crippen molar-refractivity contribution in [2.45, 2.75) is 0 Å². The first-order valence-electron chi connectivity index (χ1n) is 6.52. The van der Waals surface area contributed by atoms with Gasteiger partial charge in [-0.2, -0.15) is 5.10 Å². The van der Waals surface area contributed by atoms with E-state index >= 15 is 0 Å². The van der Waals surface area contributed by atoms with Gasteiger partial charge in [-0.3, -0.25) is 5.43 Å². The van der Waals surface area contributed by atoms with E-state index in [1.54, 1.807) is 6.21 Å². The number of hydrogen-bond donors (Lipinski definition) is 1. The highest BCUT2D eigenvalue weighted by molar-refractivity contribution is 6.33. The number of halogens is 1. The van der Waals surface area contributed by atoms with Gasteiger partial charge in [0, 0.05) is 5.56 Å². The lowest BCUT2D eigenvalue weighted by Gasteiger charge is -1.99. The predicted octanol–water partition coefficient (Wildman–Crippen LogP) is 5.05. The highest BCUT2D eigenvalue weighted by atomic mass is 35.5. The van der Waals surface area contributed by atoms with E-state index in [1.165, 1.54) is 0 Å². The standard InChI is InChI=1S/C17H13ClN2O/c18-16-9-5-4-8-15(16)17-11-10-14(21-17)12-19-20-13-6-2-1-3-7-13/h1-12,20H/b19-12+. The second-order valence-electron chi connectivity index (χ2n) is 4.42. The van der Waals surface area contributed by atoms with Gasteiger partial charge in [0.1, 0.15) is 11.5 Å². The van der Waals surface area contributed by atoms with Gasteiger partial charge in [0.25, 0.3) is 0 Å². The van der Waals surface area contributed by atoms with Crippen molar-refractivity contribution < 1.29 is 4.42 Å². The molecule has 0 aliphatic heterocycles. The molecule has 0 fully saturated rings. The lowest BCUT2D eigenvalue weighted by molar-refractivity contribution is 0.575. The first-order valence-corrected chi connectivity index (χ1v) is 6.89. The minimum atomic E-state index is 0.661. The molecule has 3 aromatic rings. The summed E-state index contributed by atoms with van der Waals surface area (Å²) in [4.78, 5) is 0. The summed E-state index contributed by atoms with van der Waals surface area (Å²) in [6, 6.07) is 21.0. The van der Waals surface area contributed by atoms with Crippen molar-refractivity contribution >= 4 is 23.5 Å². The first kappa shape index (κ1) is 13.5. The van der Waals surface area contributed by atoms with Crippen molar-refractivity contribution in [3.63, 3.8) is 0 Å². The van der Waals surface area contributed by atoms with E-state index in [2.05, 4.69) is 10.5 Å². The molecule has 0 saturated heterocycles. The van der Waals surface area contributed by atoms with E-state index in [-0.39, 0.29) is 0 Å². The van der Waals surface area contributed by atoms with E-state index in [0.29, 0.717) is 10.8 Å². The Kier molecular flexibility index (Phi) is 4.03. The molecule has 0 aliphatic carbocycles. The van der Waals surface area contributed by atoms with Gasteiger partial charge in [-0.15, -0.1) is 0 Å². The SMILES string of the molecule is Clc1ccccc1-c1ccc(/C=N/Nc2ccccc2)o1. The van der Waals surface area contributed by atoms with Crippen LogP contribution >= 0.6 is 11.6 Å². The highest BCUT2D eigenvalue weighted by Crippen LogP contribution is 2.28. The summed E-state index contributed by atoms with van der Waals surface area (Å²) in [7, 11) is 0. The Balaban J connectivity index is 1.72. The molecule has 2 aromatic carbocycles. The van der Waals surface area contributed by atoms with Crippen LogP contribution in [0.3, 0.4) is 0 Å². The zero-order valence-corrected chi connectivity index (χ0v) is 11.9. The van der Waals surface area contributed by atoms with Gasteiger partial charge in [-0.25, -0.2) is 0 Å². The molecular weight excluding hydrogens is 284 g/mol. The highest BCUT2D eigenvalue weighted by Gasteiger charge is 2.06. The van der Waals surface area contributed by atoms with Crippen LogP contribution < -0.4 is 5.43 Å². The Morgan fingerprint density at radius 1 is 0.905 bits per heavy atom. The molecule has 0 unspecified atom stereocenters. The molecule has 3 rings (SSSR count). The largest absolute Gasteiger partial charge is 0.455 e. The van der Waals surface area contributed by atoms with Crippen LogP contribution in [0.2, 0.25) is 5.02 Å². The van der Waals surface area contributed by atoms with Gasteiger partial charge in [0.15, 0.2) is 0 Å². The Morgan fingerprint density at radius 3 is 2.48 bits per heavy atom. The van der Waals surface area contributed by atoms with Gasteiger partial charge in [-0.1, -0.05) is 41.9 Å². The Morgan fingerprint density at radius 2 is 1.67 bits per heavy atom. The number of para-hydroxylation sites is 1. The van der Waals surface area contributed by atoms with Crippen LogP contribution in [0.1, 0.15) is 5.76 Å². The first-order chi connectivity index (χ1) is 10.3. The minimum absolute atomic E-state index is 0.661. The van der Waals surface area contributed by atoms with Crippen molar-refractivity contribution in [2.24, 2.45) is 5.10 Å². The number of hydrazone groups is 1. The lowest BCUT2D eigenvalue weighted by Crippen LogP contribution is -1.88. The predicted molar refractivity (Wildman–Crippen MR) is 86.8 cm³/mol. The molecule has 1 heterocycles. The van der Waals surface area contributed by atoms with E-state index in [9.17, 15) is 0 Å². The molecule has 4 heteroatoms. The van der Waals surface area contributed by atoms with Crippen LogP contribution in [0.4, 0.5) is 5.69 Å². The summed E-state index contributed by atoms with van der Waals surface area (Å²) < 4.78 is 5.71. The third-order valence-corrected chi connectivity index (χ3v) is 3.25. The quantitative estimate of drug-likeness (QED) is 0.540. The zero-order valence-electron chi connectivity index (χ0n) is 11.2. The topological polar surface area (TPSA) is 37.5 Å². The molecule has 0 atom stereocenters. The smallest absolute Gasteiger partial charge is 0.147 e. The summed E-state index contributed by atoms with van der Waals surface area (Å²) in [6.07, 6.45) is 1.63. The molecule has 0 bridgehead atoms. The van der Waals surface area contributed by atoms with Crippen LogP contribution in [0.5, 0.6) is 0 Å². The molecular formula is C17H13ClN2O. The molecule has 1 N–H and O–H groups in total. The maximum atomic E-state index is 6.15. The van der Waals surface area contributed by atoms with Crippen LogP contribution in [-0.2, 0) is 0 Å². The van der Waals surface area contributed by atoms with Crippen molar-refractivity contribution in [2.75, 3.05) is 5.43 Å². The van der Waals surface area contributed by atoms with E-state index in [0.717, 1.165) is 17.0 Å². The van der Waals surface area contributed by atoms with Crippen molar-refractivity contribution in [3.8, 4) is 11.3 Å². The second kappa shape index (κ2) is 6.29. The molecule has 104 valence electrons. The van der Waals surface area contributed by atoms with E-state index < -0.39 is 0 Å². The molecule has 1 aromatic heterocycles. The number of anilines is 1. The molecule has 3 nitrogen and oxygen atoms in total. The normalized spacial score (nSPS) is 10.9. The Hall–Kier alpha value is -2.52. The van der Waals surface area contributed by atoms with E-state index in [4.69, 9.17) is 16.0 Å². The average Bonchev–Trinajstić information content (AvgIpc) is 2.97. The third-order valence-electron chi connectivity index (χ3n) is 2.93. The summed E-state index contributed by atoms with van der Waals surface area (Å²) in [5.74, 6) is 1.38. The molecule has 0 amide bonds. The van der Waals surface area contributed by atoms with Crippen LogP contribution in [0.15, 0.2) is 76.2 Å². The second-order valence-corrected chi connectivity index (χ2v) is 4.83. The molecule has 0 radical (unpaired) electrons. The fourth-order valence-corrected chi connectivity index (χ4v) is 2.14. The zero-order chi connectivity index (χ0) is 14.5. The fourth-order valence-electron chi connectivity index (χ4n) is 1.91. The maximum Gasteiger partial charge on any atom is 0.147 e. The summed E-state index contributed by atoms with van der Waals surface area (Å²) in [5.41, 5.74) is 4.73. The molecule has 21 heavy (non-hydrogen) atoms. The number of nitrogens with zero attached hydrogens (tertiary/aromatic N) is 1. The average molecular weight is 297 g/mol. The molecule has 0 spiro atoms. The Bertz CT molecular complexity index is 750. The summed E-state index contributed by atoms with van der Waals surface area (Å²) in [5, 5.41) is 4.80. The van der Waals surface area contributed by atoms with Gasteiger partial charge in [-0.05, 0) is 36.4 Å². The summed E-state index contributed by atoms with van der Waals surface area (Å²) in [6.45, 7) is 0. The number of hydrogen-bond acceptors (Lipinski definition) is 3. The lowest BCUT2D eigenvalue weighted by atomic mass is 10.2. The van der Waals surface area contributed by atoms with Crippen LogP contribution in [-0.4, -0.2) is 6.21 Å². The Labute approximate surface area is 127 Å². The van der Waals surface area contributed by atoms with Gasteiger partial charge in [0.05, 0.1) is 16.9 Å². The number of benzene rings is 2. The molecule has 0 saturated carbocycles. The van der Waals surface area contributed by atoms with Crippen molar-refractivity contribution in [3.05, 3.63) is 77.5 Å². The monoisotopic (exact) mass is 296 g/mol. The number of rotatable bonds is 4. The van der Waals surface area contributed by atoms with Gasteiger partial charge >= 0.3 is 0 Å². The summed E-state index contributed by atoms with van der Waals surface area (Å²) >= 11 is 6.15. The van der Waals surface area contributed by atoms with Gasteiger partial charge < -0.3 is 4.42 Å². The molecule has 0 aliphatic rings. The van der Waals surface area contributed by atoms with Crippen molar-refractivity contribution in [1.82, 2.24) is 0 Å². The maximum absolute atomic E-state index is 6.15. The minimum Gasteiger partial charge on any atom is -0.455 e. The number of furan rings is 1.